The molecule has 108 valence electrons. The van der Waals surface area contributed by atoms with Crippen LogP contribution >= 0.6 is 0 Å². The molecule has 1 fully saturated rings. The van der Waals surface area contributed by atoms with E-state index in [9.17, 15) is 0 Å². The Kier molecular flexibility index (Phi) is 5.63. The van der Waals surface area contributed by atoms with Crippen molar-refractivity contribution in [2.24, 2.45) is 11.3 Å². The maximum atomic E-state index is 3.65. The van der Waals surface area contributed by atoms with E-state index in [0.29, 0.717) is 5.41 Å². The molecule has 0 spiro atoms. The van der Waals surface area contributed by atoms with Crippen molar-refractivity contribution in [1.29, 1.82) is 0 Å². The van der Waals surface area contributed by atoms with Crippen LogP contribution in [-0.2, 0) is 0 Å². The fraction of sp³-hybridized carbons (Fsp3) is 1.00. The smallest absolute Gasteiger partial charge is 0.0246 e. The summed E-state index contributed by atoms with van der Waals surface area (Å²) in [7, 11) is 4.28. The van der Waals surface area contributed by atoms with E-state index in [4.69, 9.17) is 0 Å². The Bertz CT molecular complexity index is 248. The van der Waals surface area contributed by atoms with Gasteiger partial charge in [0.1, 0.15) is 0 Å². The molecule has 0 bridgehead atoms. The lowest BCUT2D eigenvalue weighted by molar-refractivity contribution is 0.101. The zero-order chi connectivity index (χ0) is 13.8. The van der Waals surface area contributed by atoms with Crippen molar-refractivity contribution in [3.05, 3.63) is 0 Å². The minimum Gasteiger partial charge on any atom is -0.314 e. The Morgan fingerprint density at radius 3 is 2.39 bits per heavy atom. The second-order valence-corrected chi connectivity index (χ2v) is 7.33. The van der Waals surface area contributed by atoms with Crippen LogP contribution in [0.5, 0.6) is 0 Å². The predicted octanol–water partition coefficient (Wildman–Crippen LogP) is 1.94. The van der Waals surface area contributed by atoms with Crippen molar-refractivity contribution < 1.29 is 0 Å². The van der Waals surface area contributed by atoms with Crippen LogP contribution in [0.15, 0.2) is 0 Å². The maximum absolute atomic E-state index is 3.65. The minimum absolute atomic E-state index is 0.180. The van der Waals surface area contributed by atoms with Gasteiger partial charge >= 0.3 is 0 Å². The molecule has 1 rings (SSSR count). The van der Waals surface area contributed by atoms with Crippen LogP contribution in [0.25, 0.3) is 0 Å². The van der Waals surface area contributed by atoms with Gasteiger partial charge in [-0.2, -0.15) is 0 Å². The summed E-state index contributed by atoms with van der Waals surface area (Å²) < 4.78 is 0. The Balaban J connectivity index is 2.39. The van der Waals surface area contributed by atoms with Crippen molar-refractivity contribution in [1.82, 2.24) is 15.5 Å². The van der Waals surface area contributed by atoms with Gasteiger partial charge in [-0.3, -0.25) is 0 Å². The summed E-state index contributed by atoms with van der Waals surface area (Å²) in [4.78, 5) is 2.48. The Labute approximate surface area is 114 Å². The molecule has 1 atom stereocenters. The average Bonchev–Trinajstić information content (AvgIpc) is 2.28. The summed E-state index contributed by atoms with van der Waals surface area (Å²) in [6.45, 7) is 14.0. The van der Waals surface area contributed by atoms with E-state index in [1.165, 1.54) is 25.9 Å². The van der Waals surface area contributed by atoms with Crippen molar-refractivity contribution in [3.63, 3.8) is 0 Å². The first kappa shape index (κ1) is 15.9. The highest BCUT2D eigenvalue weighted by molar-refractivity contribution is 4.87. The number of hydrogen-bond donors (Lipinski definition) is 2. The molecule has 0 aromatic rings. The van der Waals surface area contributed by atoms with E-state index in [-0.39, 0.29) is 5.54 Å². The molecule has 0 aromatic carbocycles. The molecular weight excluding hydrogens is 222 g/mol. The van der Waals surface area contributed by atoms with Crippen LogP contribution < -0.4 is 10.6 Å². The van der Waals surface area contributed by atoms with E-state index in [2.05, 4.69) is 50.3 Å². The molecule has 1 saturated heterocycles. The van der Waals surface area contributed by atoms with Crippen molar-refractivity contribution in [3.8, 4) is 0 Å². The van der Waals surface area contributed by atoms with Crippen LogP contribution in [0, 0.1) is 11.3 Å². The third-order valence-electron chi connectivity index (χ3n) is 4.55. The second kappa shape index (κ2) is 6.36. The maximum Gasteiger partial charge on any atom is 0.0246 e. The molecule has 18 heavy (non-hydrogen) atoms. The summed E-state index contributed by atoms with van der Waals surface area (Å²) >= 11 is 0. The van der Waals surface area contributed by atoms with E-state index < -0.39 is 0 Å². The van der Waals surface area contributed by atoms with Crippen LogP contribution in [0.2, 0.25) is 0 Å². The van der Waals surface area contributed by atoms with Gasteiger partial charge in [0.05, 0.1) is 0 Å². The van der Waals surface area contributed by atoms with Crippen LogP contribution in [0.1, 0.15) is 40.5 Å². The molecule has 3 heteroatoms. The fourth-order valence-corrected chi connectivity index (χ4v) is 2.73. The summed E-state index contributed by atoms with van der Waals surface area (Å²) in [5.74, 6) is 0.821. The van der Waals surface area contributed by atoms with E-state index in [0.717, 1.165) is 19.0 Å². The van der Waals surface area contributed by atoms with Gasteiger partial charge in [-0.25, -0.2) is 0 Å². The Morgan fingerprint density at radius 2 is 1.83 bits per heavy atom. The van der Waals surface area contributed by atoms with Gasteiger partial charge in [0.25, 0.3) is 0 Å². The number of nitrogens with one attached hydrogen (secondary N) is 2. The Hall–Kier alpha value is -0.120. The SMILES string of the molecule is CNC(C)(C)CNCC(C)(C)C1CCCN(C)C1. The first-order chi connectivity index (χ1) is 8.27. The lowest BCUT2D eigenvalue weighted by atomic mass is 9.74. The minimum atomic E-state index is 0.180. The quantitative estimate of drug-likeness (QED) is 0.759. The molecule has 0 aliphatic carbocycles. The number of piperidine rings is 1. The standard InChI is InChI=1S/C15H33N3/c1-14(2,11-17-12-15(3,4)16-5)13-8-7-9-18(6)10-13/h13,16-17H,7-12H2,1-6H3. The number of nitrogens with zero attached hydrogens (tertiary/aromatic N) is 1. The highest BCUT2D eigenvalue weighted by atomic mass is 15.1. The predicted molar refractivity (Wildman–Crippen MR) is 80.0 cm³/mol. The molecule has 1 unspecified atom stereocenters. The third kappa shape index (κ3) is 4.87. The first-order valence-electron chi connectivity index (χ1n) is 7.35. The van der Waals surface area contributed by atoms with Crippen LogP contribution in [0.3, 0.4) is 0 Å². The zero-order valence-electron chi connectivity index (χ0n) is 13.3. The van der Waals surface area contributed by atoms with Gasteiger partial charge in [0.15, 0.2) is 0 Å². The number of likely N-dealkylation sites (N-methyl/N-ethyl adjacent to an activating group) is 1. The molecule has 1 aliphatic rings. The van der Waals surface area contributed by atoms with Gasteiger partial charge in [-0.1, -0.05) is 13.8 Å². The fourth-order valence-electron chi connectivity index (χ4n) is 2.73. The molecule has 0 radical (unpaired) electrons. The molecule has 0 saturated carbocycles. The molecule has 0 aromatic heterocycles. The van der Waals surface area contributed by atoms with E-state index in [1.807, 2.05) is 7.05 Å². The normalized spacial score (nSPS) is 23.3. The topological polar surface area (TPSA) is 27.3 Å². The molecule has 3 nitrogen and oxygen atoms in total. The van der Waals surface area contributed by atoms with Crippen LogP contribution in [-0.4, -0.2) is 50.7 Å². The molecule has 0 amide bonds. The van der Waals surface area contributed by atoms with Gasteiger partial charge in [0, 0.05) is 25.2 Å². The number of likely N-dealkylation sites (tertiary alicyclic amines) is 1. The summed E-state index contributed by atoms with van der Waals surface area (Å²) in [6, 6.07) is 0. The van der Waals surface area contributed by atoms with Crippen LogP contribution in [0.4, 0.5) is 0 Å². The summed E-state index contributed by atoms with van der Waals surface area (Å²) in [6.07, 6.45) is 2.74. The van der Waals surface area contributed by atoms with Gasteiger partial charge in [0.2, 0.25) is 0 Å². The lowest BCUT2D eigenvalue weighted by Crippen LogP contribution is -2.50. The van der Waals surface area contributed by atoms with Gasteiger partial charge in [-0.05, 0) is 58.7 Å². The monoisotopic (exact) mass is 255 g/mol. The van der Waals surface area contributed by atoms with E-state index >= 15 is 0 Å². The molecular formula is C15H33N3. The van der Waals surface area contributed by atoms with Gasteiger partial charge < -0.3 is 15.5 Å². The van der Waals surface area contributed by atoms with Crippen molar-refractivity contribution in [2.45, 2.75) is 46.1 Å². The summed E-state index contributed by atoms with van der Waals surface area (Å²) in [5, 5.41) is 6.99. The lowest BCUT2D eigenvalue weighted by Gasteiger charge is -2.41. The zero-order valence-corrected chi connectivity index (χ0v) is 13.3. The number of rotatable bonds is 6. The second-order valence-electron chi connectivity index (χ2n) is 7.33. The summed E-state index contributed by atoms with van der Waals surface area (Å²) in [5.41, 5.74) is 0.567. The highest BCUT2D eigenvalue weighted by Crippen LogP contribution is 2.32. The average molecular weight is 255 g/mol. The van der Waals surface area contributed by atoms with Crippen molar-refractivity contribution >= 4 is 0 Å². The van der Waals surface area contributed by atoms with Gasteiger partial charge in [-0.15, -0.1) is 0 Å². The van der Waals surface area contributed by atoms with E-state index in [1.54, 1.807) is 0 Å². The first-order valence-corrected chi connectivity index (χ1v) is 7.35. The largest absolute Gasteiger partial charge is 0.314 e. The molecule has 1 heterocycles. The number of hydrogen-bond acceptors (Lipinski definition) is 3. The third-order valence-corrected chi connectivity index (χ3v) is 4.55. The molecule has 2 N–H and O–H groups in total. The Morgan fingerprint density at radius 1 is 1.17 bits per heavy atom. The van der Waals surface area contributed by atoms with Crippen molar-refractivity contribution in [2.75, 3.05) is 40.3 Å². The molecule has 1 aliphatic heterocycles. The highest BCUT2D eigenvalue weighted by Gasteiger charge is 2.32.